The molecule has 0 spiro atoms. The van der Waals surface area contributed by atoms with Crippen molar-refractivity contribution in [1.29, 1.82) is 0 Å². The summed E-state index contributed by atoms with van der Waals surface area (Å²) < 4.78 is 26.9. The summed E-state index contributed by atoms with van der Waals surface area (Å²) in [5.41, 5.74) is 3.21. The number of hydrogen-bond acceptors (Lipinski definition) is 1. The van der Waals surface area contributed by atoms with Gasteiger partial charge in [-0.05, 0) is 41.8 Å². The third kappa shape index (κ3) is 1.68. The van der Waals surface area contributed by atoms with Crippen LogP contribution in [0.3, 0.4) is 0 Å². The van der Waals surface area contributed by atoms with E-state index in [9.17, 15) is 8.78 Å². The third-order valence-electron chi connectivity index (χ3n) is 3.09. The van der Waals surface area contributed by atoms with Crippen LogP contribution in [0.2, 0.25) is 0 Å². The summed E-state index contributed by atoms with van der Waals surface area (Å²) in [4.78, 5) is 0. The zero-order chi connectivity index (χ0) is 11.8. The molecule has 2 aromatic carbocycles. The van der Waals surface area contributed by atoms with Crippen molar-refractivity contribution >= 4 is 5.69 Å². The summed E-state index contributed by atoms with van der Waals surface area (Å²) in [5, 5.41) is 3.23. The van der Waals surface area contributed by atoms with Crippen LogP contribution in [0.1, 0.15) is 5.56 Å². The van der Waals surface area contributed by atoms with Gasteiger partial charge in [0, 0.05) is 17.8 Å². The minimum Gasteiger partial charge on any atom is -0.384 e. The highest BCUT2D eigenvalue weighted by atomic mass is 19.1. The van der Waals surface area contributed by atoms with Gasteiger partial charge in [-0.3, -0.25) is 0 Å². The van der Waals surface area contributed by atoms with Crippen LogP contribution in [-0.4, -0.2) is 6.54 Å². The van der Waals surface area contributed by atoms with Crippen molar-refractivity contribution in [3.8, 4) is 11.1 Å². The lowest BCUT2D eigenvalue weighted by Crippen LogP contribution is -1.91. The number of halogens is 2. The predicted molar refractivity (Wildman–Crippen MR) is 64.0 cm³/mol. The molecule has 1 aliphatic rings. The van der Waals surface area contributed by atoms with E-state index in [1.807, 2.05) is 18.2 Å². The minimum atomic E-state index is -0.412. The number of fused-ring (bicyclic) bond motifs is 1. The first-order valence-corrected chi connectivity index (χ1v) is 5.57. The highest BCUT2D eigenvalue weighted by molar-refractivity contribution is 5.76. The molecule has 0 saturated heterocycles. The fourth-order valence-electron chi connectivity index (χ4n) is 2.30. The molecule has 0 amide bonds. The highest BCUT2D eigenvalue weighted by Gasteiger charge is 2.17. The molecule has 0 radical (unpaired) electrons. The van der Waals surface area contributed by atoms with E-state index in [1.165, 1.54) is 12.1 Å². The standard InChI is InChI=1S/C14H11F2N/c15-9-4-5-13(16)12(8-9)10-2-1-3-14-11(10)6-7-17-14/h1-5,8,17H,6-7H2. The summed E-state index contributed by atoms with van der Waals surface area (Å²) in [5.74, 6) is -0.795. The van der Waals surface area contributed by atoms with Crippen molar-refractivity contribution in [2.24, 2.45) is 0 Å². The molecule has 1 nitrogen and oxygen atoms in total. The van der Waals surface area contributed by atoms with Gasteiger partial charge in [0.1, 0.15) is 11.6 Å². The van der Waals surface area contributed by atoms with Gasteiger partial charge in [-0.1, -0.05) is 12.1 Å². The van der Waals surface area contributed by atoms with E-state index in [-0.39, 0.29) is 5.82 Å². The van der Waals surface area contributed by atoms with Crippen LogP contribution in [0, 0.1) is 11.6 Å². The van der Waals surface area contributed by atoms with E-state index in [0.29, 0.717) is 5.56 Å². The molecule has 86 valence electrons. The first-order chi connectivity index (χ1) is 8.25. The van der Waals surface area contributed by atoms with Gasteiger partial charge in [0.25, 0.3) is 0 Å². The molecule has 0 saturated carbocycles. The lowest BCUT2D eigenvalue weighted by molar-refractivity contribution is 0.603. The molecule has 0 bridgehead atoms. The second kappa shape index (κ2) is 3.84. The average Bonchev–Trinajstić information content (AvgIpc) is 2.80. The Bertz CT molecular complexity index is 578. The molecule has 1 aliphatic heterocycles. The average molecular weight is 231 g/mol. The molecular formula is C14H11F2N. The van der Waals surface area contributed by atoms with E-state index in [1.54, 1.807) is 0 Å². The maximum atomic E-state index is 13.7. The van der Waals surface area contributed by atoms with E-state index in [4.69, 9.17) is 0 Å². The monoisotopic (exact) mass is 231 g/mol. The van der Waals surface area contributed by atoms with Crippen LogP contribution in [0.4, 0.5) is 14.5 Å². The Labute approximate surface area is 98.1 Å². The highest BCUT2D eigenvalue weighted by Crippen LogP contribution is 2.34. The molecule has 1 N–H and O–H groups in total. The third-order valence-corrected chi connectivity index (χ3v) is 3.09. The van der Waals surface area contributed by atoms with Gasteiger partial charge in [0.2, 0.25) is 0 Å². The van der Waals surface area contributed by atoms with Crippen molar-refractivity contribution in [1.82, 2.24) is 0 Å². The van der Waals surface area contributed by atoms with Gasteiger partial charge < -0.3 is 5.32 Å². The fourth-order valence-corrected chi connectivity index (χ4v) is 2.30. The molecule has 0 aromatic heterocycles. The van der Waals surface area contributed by atoms with E-state index in [0.717, 1.165) is 35.8 Å². The van der Waals surface area contributed by atoms with Crippen molar-refractivity contribution in [3.05, 3.63) is 53.6 Å². The molecule has 0 aliphatic carbocycles. The van der Waals surface area contributed by atoms with Crippen LogP contribution in [0.5, 0.6) is 0 Å². The number of benzene rings is 2. The van der Waals surface area contributed by atoms with Crippen LogP contribution < -0.4 is 5.32 Å². The Kier molecular flexibility index (Phi) is 2.32. The molecular weight excluding hydrogens is 220 g/mol. The Morgan fingerprint density at radius 2 is 1.88 bits per heavy atom. The van der Waals surface area contributed by atoms with E-state index < -0.39 is 5.82 Å². The minimum absolute atomic E-state index is 0.338. The van der Waals surface area contributed by atoms with Crippen LogP contribution in [0.25, 0.3) is 11.1 Å². The maximum absolute atomic E-state index is 13.7. The van der Waals surface area contributed by atoms with Gasteiger partial charge >= 0.3 is 0 Å². The summed E-state index contributed by atoms with van der Waals surface area (Å²) in [7, 11) is 0. The lowest BCUT2D eigenvalue weighted by atomic mass is 9.97. The Morgan fingerprint density at radius 3 is 2.76 bits per heavy atom. The smallest absolute Gasteiger partial charge is 0.131 e. The van der Waals surface area contributed by atoms with Gasteiger partial charge in [-0.2, -0.15) is 0 Å². The zero-order valence-electron chi connectivity index (χ0n) is 9.13. The van der Waals surface area contributed by atoms with Crippen LogP contribution >= 0.6 is 0 Å². The second-order valence-corrected chi connectivity index (χ2v) is 4.13. The van der Waals surface area contributed by atoms with Crippen molar-refractivity contribution in [2.75, 3.05) is 11.9 Å². The lowest BCUT2D eigenvalue weighted by Gasteiger charge is -2.09. The first kappa shape index (κ1) is 10.3. The van der Waals surface area contributed by atoms with Crippen molar-refractivity contribution in [2.45, 2.75) is 6.42 Å². The molecule has 0 unspecified atom stereocenters. The largest absolute Gasteiger partial charge is 0.384 e. The van der Waals surface area contributed by atoms with E-state index in [2.05, 4.69) is 5.32 Å². The van der Waals surface area contributed by atoms with Gasteiger partial charge in [0.05, 0.1) is 0 Å². The van der Waals surface area contributed by atoms with Crippen LogP contribution in [-0.2, 0) is 6.42 Å². The molecule has 17 heavy (non-hydrogen) atoms. The second-order valence-electron chi connectivity index (χ2n) is 4.13. The van der Waals surface area contributed by atoms with Crippen LogP contribution in [0.15, 0.2) is 36.4 Å². The number of anilines is 1. The summed E-state index contributed by atoms with van der Waals surface area (Å²) in [6.45, 7) is 0.850. The summed E-state index contributed by atoms with van der Waals surface area (Å²) in [6, 6.07) is 9.22. The topological polar surface area (TPSA) is 12.0 Å². The Morgan fingerprint density at radius 1 is 1.00 bits per heavy atom. The molecule has 0 fully saturated rings. The summed E-state index contributed by atoms with van der Waals surface area (Å²) >= 11 is 0. The molecule has 1 heterocycles. The van der Waals surface area contributed by atoms with Crippen molar-refractivity contribution < 1.29 is 8.78 Å². The first-order valence-electron chi connectivity index (χ1n) is 5.57. The Balaban J connectivity index is 2.22. The molecule has 2 aromatic rings. The Hall–Kier alpha value is -1.90. The normalized spacial score (nSPS) is 13.3. The number of rotatable bonds is 1. The number of hydrogen-bond donors (Lipinski definition) is 1. The summed E-state index contributed by atoms with van der Waals surface area (Å²) in [6.07, 6.45) is 0.849. The van der Waals surface area contributed by atoms with Gasteiger partial charge in [-0.25, -0.2) is 8.78 Å². The quantitative estimate of drug-likeness (QED) is 0.790. The van der Waals surface area contributed by atoms with Gasteiger partial charge in [-0.15, -0.1) is 0 Å². The molecule has 3 rings (SSSR count). The molecule has 3 heteroatoms. The maximum Gasteiger partial charge on any atom is 0.131 e. The molecule has 0 atom stereocenters. The SMILES string of the molecule is Fc1ccc(F)c(-c2cccc3c2CCN3)c1. The predicted octanol–water partition coefficient (Wildman–Crippen LogP) is 3.60. The van der Waals surface area contributed by atoms with Gasteiger partial charge in [0.15, 0.2) is 0 Å². The van der Waals surface area contributed by atoms with E-state index >= 15 is 0 Å². The zero-order valence-corrected chi connectivity index (χ0v) is 9.13. The fraction of sp³-hybridized carbons (Fsp3) is 0.143. The van der Waals surface area contributed by atoms with Crippen molar-refractivity contribution in [3.63, 3.8) is 0 Å². The number of nitrogens with one attached hydrogen (secondary N) is 1.